The molecule has 0 saturated heterocycles. The number of rotatable bonds is 69. The summed E-state index contributed by atoms with van der Waals surface area (Å²) in [5.74, 6) is -1.39. The first kappa shape index (κ1) is 87.5. The fourth-order valence-electron chi connectivity index (χ4n) is 10.2. The molecule has 0 spiro atoms. The molecule has 0 aromatic heterocycles. The normalized spacial score (nSPS) is 14.5. The number of phosphoric acid groups is 2. The smallest absolute Gasteiger partial charge is 0.462 e. The molecule has 0 aliphatic rings. The van der Waals surface area contributed by atoms with Crippen LogP contribution >= 0.6 is 15.6 Å². The second kappa shape index (κ2) is 63.9. The van der Waals surface area contributed by atoms with Gasteiger partial charge in [0.05, 0.1) is 26.4 Å². The molecule has 3 N–H and O–H groups in total. The van der Waals surface area contributed by atoms with Crippen molar-refractivity contribution >= 4 is 39.5 Å². The van der Waals surface area contributed by atoms with Gasteiger partial charge in [0.25, 0.3) is 0 Å². The Bertz CT molecular complexity index is 1830. The minimum absolute atomic E-state index is 0.101. The van der Waals surface area contributed by atoms with Gasteiger partial charge in [-0.05, 0) is 57.3 Å². The fourth-order valence-corrected chi connectivity index (χ4v) is 11.8. The van der Waals surface area contributed by atoms with Crippen molar-refractivity contribution in [3.05, 3.63) is 24.3 Å². The van der Waals surface area contributed by atoms with E-state index in [9.17, 15) is 43.2 Å². The van der Waals surface area contributed by atoms with E-state index in [0.29, 0.717) is 25.7 Å². The topological polar surface area (TPSA) is 237 Å². The van der Waals surface area contributed by atoms with Crippen LogP contribution in [0.3, 0.4) is 0 Å². The Morgan fingerprint density at radius 1 is 0.356 bits per heavy atom. The van der Waals surface area contributed by atoms with Crippen LogP contribution in [0.2, 0.25) is 0 Å². The van der Waals surface area contributed by atoms with E-state index in [-0.39, 0.29) is 25.7 Å². The van der Waals surface area contributed by atoms with Crippen LogP contribution in [0.5, 0.6) is 0 Å². The zero-order chi connectivity index (χ0) is 66.3. The van der Waals surface area contributed by atoms with Gasteiger partial charge in [-0.3, -0.25) is 37.3 Å². The standard InChI is InChI=1S/C71H134O17P2/c1-6-10-13-16-19-21-23-25-27-29-31-33-35-41-46-51-56-70(75)87-67(61-82-69(74)55-50-45-40-34-32-30-28-26-24-22-20-17-14-11-7-2)63-86-90(79,80)84-59-65(72)58-83-89(77,78)85-62-66(60-81-68(73)54-49-44-38-18-15-12-8-3)88-71(76)57-52-47-42-37-36-39-43-48-53-64(5)9-4/h22,24,26,28,64-67,72H,6-21,23,25,27,29-63H2,1-5H3,(H,77,78)(H,79,80)/b24-22-,28-26-/t64?,65-,66+,67+/m0/s1. The van der Waals surface area contributed by atoms with Crippen molar-refractivity contribution in [1.82, 2.24) is 0 Å². The summed E-state index contributed by atoms with van der Waals surface area (Å²) < 4.78 is 68.2. The van der Waals surface area contributed by atoms with E-state index in [2.05, 4.69) is 58.9 Å². The highest BCUT2D eigenvalue weighted by atomic mass is 31.2. The maximum atomic E-state index is 13.0. The first-order valence-electron chi connectivity index (χ1n) is 36.5. The van der Waals surface area contributed by atoms with Crippen LogP contribution in [0.15, 0.2) is 24.3 Å². The van der Waals surface area contributed by atoms with Crippen LogP contribution in [0.1, 0.15) is 343 Å². The maximum Gasteiger partial charge on any atom is 0.472 e. The highest BCUT2D eigenvalue weighted by Crippen LogP contribution is 2.45. The molecule has 0 radical (unpaired) electrons. The molecule has 90 heavy (non-hydrogen) atoms. The molecule has 3 unspecified atom stereocenters. The molecule has 0 fully saturated rings. The van der Waals surface area contributed by atoms with Crippen LogP contribution in [0, 0.1) is 5.92 Å². The van der Waals surface area contributed by atoms with Gasteiger partial charge < -0.3 is 33.8 Å². The summed E-state index contributed by atoms with van der Waals surface area (Å²) >= 11 is 0. The predicted molar refractivity (Wildman–Crippen MR) is 363 cm³/mol. The molecule has 0 rings (SSSR count). The molecule has 0 aromatic rings. The van der Waals surface area contributed by atoms with Gasteiger partial charge in [0, 0.05) is 25.7 Å². The number of carbonyl (C=O) groups is 4. The zero-order valence-corrected chi connectivity index (χ0v) is 59.5. The van der Waals surface area contributed by atoms with Crippen molar-refractivity contribution in [2.45, 2.75) is 361 Å². The number of unbranched alkanes of at least 4 members (excludes halogenated alkanes) is 37. The molecular weight excluding hydrogens is 1190 g/mol. The molecule has 0 saturated carbocycles. The summed E-state index contributed by atoms with van der Waals surface area (Å²) in [6.45, 7) is 7.14. The molecule has 19 heteroatoms. The Morgan fingerprint density at radius 2 is 0.622 bits per heavy atom. The van der Waals surface area contributed by atoms with Gasteiger partial charge in [-0.2, -0.15) is 0 Å². The monoisotopic (exact) mass is 1320 g/mol. The molecular formula is C71H134O17P2. The van der Waals surface area contributed by atoms with Crippen molar-refractivity contribution < 1.29 is 80.2 Å². The minimum Gasteiger partial charge on any atom is -0.462 e. The molecule has 6 atom stereocenters. The second-order valence-electron chi connectivity index (χ2n) is 25.2. The van der Waals surface area contributed by atoms with Crippen molar-refractivity contribution in [3.8, 4) is 0 Å². The van der Waals surface area contributed by atoms with E-state index >= 15 is 0 Å². The van der Waals surface area contributed by atoms with Gasteiger partial charge in [0.15, 0.2) is 12.2 Å². The first-order chi connectivity index (χ1) is 43.6. The van der Waals surface area contributed by atoms with Gasteiger partial charge >= 0.3 is 39.5 Å². The number of hydrogen-bond donors (Lipinski definition) is 3. The lowest BCUT2D eigenvalue weighted by atomic mass is 9.99. The Hall–Kier alpha value is -2.46. The largest absolute Gasteiger partial charge is 0.472 e. The van der Waals surface area contributed by atoms with Gasteiger partial charge in [-0.25, -0.2) is 9.13 Å². The Labute approximate surface area is 548 Å². The number of hydrogen-bond acceptors (Lipinski definition) is 15. The summed E-state index contributed by atoms with van der Waals surface area (Å²) in [5, 5.41) is 10.6. The Balaban J connectivity index is 5.25. The number of aliphatic hydroxyl groups is 1. The minimum atomic E-state index is -4.96. The Kier molecular flexibility index (Phi) is 62.2. The lowest BCUT2D eigenvalue weighted by molar-refractivity contribution is -0.161. The molecule has 530 valence electrons. The molecule has 0 amide bonds. The number of allylic oxidation sites excluding steroid dienone is 4. The van der Waals surface area contributed by atoms with Gasteiger partial charge in [-0.15, -0.1) is 0 Å². The summed E-state index contributed by atoms with van der Waals surface area (Å²) in [4.78, 5) is 72.4. The molecule has 0 heterocycles. The zero-order valence-electron chi connectivity index (χ0n) is 57.8. The Morgan fingerprint density at radius 3 is 0.944 bits per heavy atom. The number of phosphoric ester groups is 2. The van der Waals surface area contributed by atoms with Crippen LogP contribution in [0.4, 0.5) is 0 Å². The second-order valence-corrected chi connectivity index (χ2v) is 28.1. The van der Waals surface area contributed by atoms with Gasteiger partial charge in [0.2, 0.25) is 0 Å². The average molecular weight is 1320 g/mol. The van der Waals surface area contributed by atoms with Gasteiger partial charge in [-0.1, -0.05) is 290 Å². The van der Waals surface area contributed by atoms with Crippen LogP contribution in [-0.2, 0) is 65.4 Å². The highest BCUT2D eigenvalue weighted by molar-refractivity contribution is 7.47. The third kappa shape index (κ3) is 63.0. The van der Waals surface area contributed by atoms with Crippen LogP contribution in [0.25, 0.3) is 0 Å². The molecule has 0 bridgehead atoms. The number of ether oxygens (including phenoxy) is 4. The van der Waals surface area contributed by atoms with E-state index in [1.54, 1.807) is 0 Å². The first-order valence-corrected chi connectivity index (χ1v) is 39.5. The van der Waals surface area contributed by atoms with E-state index in [0.717, 1.165) is 128 Å². The fraction of sp³-hybridized carbons (Fsp3) is 0.887. The lowest BCUT2D eigenvalue weighted by Gasteiger charge is -2.21. The van der Waals surface area contributed by atoms with E-state index in [1.807, 2.05) is 0 Å². The third-order valence-electron chi connectivity index (χ3n) is 16.3. The molecule has 0 aliphatic carbocycles. The summed E-state index contributed by atoms with van der Waals surface area (Å²) in [5.41, 5.74) is 0. The SMILES string of the molecule is CCCCCC/C=C\C=C/CCCCCCCC(=O)OC[C@H](COP(=O)(O)OC[C@@H](O)COP(=O)(O)OC[C@@H](COC(=O)CCCCCCCCC)OC(=O)CCCCCCCCCCC(C)CC)OC(=O)CCCCCCCCCCCCCCCCCC. The van der Waals surface area contributed by atoms with Crippen molar-refractivity contribution in [3.63, 3.8) is 0 Å². The van der Waals surface area contributed by atoms with E-state index in [4.69, 9.17) is 37.0 Å². The number of aliphatic hydroxyl groups excluding tert-OH is 1. The molecule has 17 nitrogen and oxygen atoms in total. The van der Waals surface area contributed by atoms with Crippen LogP contribution in [-0.4, -0.2) is 96.7 Å². The van der Waals surface area contributed by atoms with Gasteiger partial charge in [0.1, 0.15) is 19.3 Å². The quantitative estimate of drug-likeness (QED) is 0.0169. The van der Waals surface area contributed by atoms with Crippen molar-refractivity contribution in [2.75, 3.05) is 39.6 Å². The van der Waals surface area contributed by atoms with Crippen molar-refractivity contribution in [2.24, 2.45) is 5.92 Å². The summed E-state index contributed by atoms with van der Waals surface area (Å²) in [6, 6.07) is 0. The molecule has 0 aromatic carbocycles. The maximum absolute atomic E-state index is 13.0. The van der Waals surface area contributed by atoms with E-state index < -0.39 is 97.5 Å². The highest BCUT2D eigenvalue weighted by Gasteiger charge is 2.30. The number of carbonyl (C=O) groups excluding carboxylic acids is 4. The third-order valence-corrected chi connectivity index (χ3v) is 18.2. The van der Waals surface area contributed by atoms with E-state index in [1.165, 1.54) is 135 Å². The number of esters is 4. The summed E-state index contributed by atoms with van der Waals surface area (Å²) in [6.07, 6.45) is 53.6. The average Bonchev–Trinajstić information content (AvgIpc) is 3.71. The van der Waals surface area contributed by atoms with Crippen molar-refractivity contribution in [1.29, 1.82) is 0 Å². The molecule has 0 aliphatic heterocycles. The summed E-state index contributed by atoms with van der Waals surface area (Å²) in [7, 11) is -9.91. The van der Waals surface area contributed by atoms with Crippen LogP contribution < -0.4 is 0 Å². The lowest BCUT2D eigenvalue weighted by Crippen LogP contribution is -2.30. The predicted octanol–water partition coefficient (Wildman–Crippen LogP) is 20.1.